The lowest BCUT2D eigenvalue weighted by Gasteiger charge is -2.38. The van der Waals surface area contributed by atoms with Crippen LogP contribution in [0.25, 0.3) is 0 Å². The van der Waals surface area contributed by atoms with Crippen LogP contribution >= 0.6 is 0 Å². The molecule has 1 aromatic rings. The van der Waals surface area contributed by atoms with E-state index >= 15 is 0 Å². The van der Waals surface area contributed by atoms with Gasteiger partial charge in [0.25, 0.3) is 0 Å². The van der Waals surface area contributed by atoms with Crippen LogP contribution in [0.5, 0.6) is 0 Å². The molecule has 0 aliphatic carbocycles. The van der Waals surface area contributed by atoms with Crippen LogP contribution in [0.3, 0.4) is 0 Å². The lowest BCUT2D eigenvalue weighted by atomic mass is 10.1. The van der Waals surface area contributed by atoms with Crippen LogP contribution in [-0.2, 0) is 6.54 Å². The fourth-order valence-electron chi connectivity index (χ4n) is 2.47. The van der Waals surface area contributed by atoms with Crippen molar-refractivity contribution in [2.45, 2.75) is 26.4 Å². The zero-order valence-corrected chi connectivity index (χ0v) is 10.9. The Morgan fingerprint density at radius 2 is 1.76 bits per heavy atom. The normalized spacial score (nSPS) is 17.8. The maximum absolute atomic E-state index is 5.80. The van der Waals surface area contributed by atoms with E-state index in [2.05, 4.69) is 47.9 Å². The van der Waals surface area contributed by atoms with Gasteiger partial charge in [0.05, 0.1) is 0 Å². The summed E-state index contributed by atoms with van der Waals surface area (Å²) in [6, 6.07) is 9.14. The number of nitrogens with zero attached hydrogens (tertiary/aromatic N) is 2. The number of nitrogens with two attached hydrogens (primary N) is 1. The average Bonchev–Trinajstić information content (AvgIpc) is 2.39. The fourth-order valence-corrected chi connectivity index (χ4v) is 2.47. The van der Waals surface area contributed by atoms with Gasteiger partial charge < -0.3 is 10.6 Å². The van der Waals surface area contributed by atoms with Crippen LogP contribution in [0.1, 0.15) is 19.4 Å². The number of hydrogen-bond donors (Lipinski definition) is 1. The van der Waals surface area contributed by atoms with E-state index in [1.165, 1.54) is 11.3 Å². The third-order valence-corrected chi connectivity index (χ3v) is 3.60. The molecule has 2 rings (SSSR count). The predicted molar refractivity (Wildman–Crippen MR) is 73.3 cm³/mol. The second kappa shape index (κ2) is 5.52. The van der Waals surface area contributed by atoms with Gasteiger partial charge in [-0.15, -0.1) is 0 Å². The van der Waals surface area contributed by atoms with Gasteiger partial charge in [0.15, 0.2) is 0 Å². The molecule has 1 saturated heterocycles. The van der Waals surface area contributed by atoms with Gasteiger partial charge in [0, 0.05) is 44.5 Å². The highest BCUT2D eigenvalue weighted by Crippen LogP contribution is 2.21. The molecule has 3 heteroatoms. The molecule has 0 atom stereocenters. The van der Waals surface area contributed by atoms with Gasteiger partial charge in [0.2, 0.25) is 0 Å². The molecule has 1 aliphatic heterocycles. The van der Waals surface area contributed by atoms with Gasteiger partial charge in [-0.25, -0.2) is 0 Å². The van der Waals surface area contributed by atoms with Crippen LogP contribution in [0.15, 0.2) is 24.3 Å². The number of piperazine rings is 1. The Bertz CT molecular complexity index is 354. The summed E-state index contributed by atoms with van der Waals surface area (Å²) in [6.45, 7) is 9.67. The summed E-state index contributed by atoms with van der Waals surface area (Å²) in [5.41, 5.74) is 8.37. The molecule has 3 nitrogen and oxygen atoms in total. The van der Waals surface area contributed by atoms with Gasteiger partial charge in [-0.3, -0.25) is 4.90 Å². The van der Waals surface area contributed by atoms with Crippen molar-refractivity contribution in [1.82, 2.24) is 4.90 Å². The van der Waals surface area contributed by atoms with Crippen LogP contribution in [0.4, 0.5) is 5.69 Å². The minimum atomic E-state index is 0.626. The summed E-state index contributed by atoms with van der Waals surface area (Å²) in [6.07, 6.45) is 0. The minimum absolute atomic E-state index is 0.626. The lowest BCUT2D eigenvalue weighted by Crippen LogP contribution is -2.49. The van der Waals surface area contributed by atoms with Crippen molar-refractivity contribution in [3.8, 4) is 0 Å². The highest BCUT2D eigenvalue weighted by Gasteiger charge is 2.19. The molecule has 0 unspecified atom stereocenters. The summed E-state index contributed by atoms with van der Waals surface area (Å²) in [4.78, 5) is 4.99. The van der Waals surface area contributed by atoms with E-state index in [-0.39, 0.29) is 0 Å². The second-order valence-corrected chi connectivity index (χ2v) is 4.95. The molecular weight excluding hydrogens is 210 g/mol. The first-order chi connectivity index (χ1) is 8.22. The van der Waals surface area contributed by atoms with Crippen LogP contribution in [-0.4, -0.2) is 37.1 Å². The Labute approximate surface area is 104 Å². The molecule has 1 aromatic carbocycles. The van der Waals surface area contributed by atoms with Gasteiger partial charge in [-0.05, 0) is 25.5 Å². The molecule has 0 spiro atoms. The first-order valence-corrected chi connectivity index (χ1v) is 6.49. The molecule has 17 heavy (non-hydrogen) atoms. The molecule has 94 valence electrons. The van der Waals surface area contributed by atoms with Crippen molar-refractivity contribution in [3.63, 3.8) is 0 Å². The van der Waals surface area contributed by atoms with Gasteiger partial charge in [-0.2, -0.15) is 0 Å². The number of rotatable bonds is 3. The zero-order valence-electron chi connectivity index (χ0n) is 10.9. The Balaban J connectivity index is 2.05. The summed E-state index contributed by atoms with van der Waals surface area (Å²) in [5, 5.41) is 0. The summed E-state index contributed by atoms with van der Waals surface area (Å²) < 4.78 is 0. The van der Waals surface area contributed by atoms with Crippen molar-refractivity contribution in [2.75, 3.05) is 31.1 Å². The monoisotopic (exact) mass is 233 g/mol. The first-order valence-electron chi connectivity index (χ1n) is 6.49. The van der Waals surface area contributed by atoms with Crippen molar-refractivity contribution in [3.05, 3.63) is 29.8 Å². The van der Waals surface area contributed by atoms with Crippen LogP contribution in [0, 0.1) is 0 Å². The van der Waals surface area contributed by atoms with Crippen molar-refractivity contribution >= 4 is 5.69 Å². The van der Waals surface area contributed by atoms with E-state index in [1.54, 1.807) is 0 Å². The van der Waals surface area contributed by atoms with E-state index < -0.39 is 0 Å². The molecule has 1 heterocycles. The largest absolute Gasteiger partial charge is 0.369 e. The van der Waals surface area contributed by atoms with Gasteiger partial charge in [0.1, 0.15) is 0 Å². The van der Waals surface area contributed by atoms with Crippen LogP contribution < -0.4 is 10.6 Å². The van der Waals surface area contributed by atoms with E-state index in [0.29, 0.717) is 12.6 Å². The Morgan fingerprint density at radius 1 is 1.12 bits per heavy atom. The molecule has 0 aromatic heterocycles. The second-order valence-electron chi connectivity index (χ2n) is 4.95. The zero-order chi connectivity index (χ0) is 12.3. The highest BCUT2D eigenvalue weighted by atomic mass is 15.3. The molecule has 1 aliphatic rings. The maximum atomic E-state index is 5.80. The summed E-state index contributed by atoms with van der Waals surface area (Å²) in [5.74, 6) is 0. The Kier molecular flexibility index (Phi) is 4.02. The highest BCUT2D eigenvalue weighted by molar-refractivity contribution is 5.53. The van der Waals surface area contributed by atoms with Crippen LogP contribution in [0.2, 0.25) is 0 Å². The molecule has 0 saturated carbocycles. The molecule has 0 amide bonds. The quantitative estimate of drug-likeness (QED) is 0.862. The molecule has 0 bridgehead atoms. The number of anilines is 1. The van der Waals surface area contributed by atoms with Gasteiger partial charge >= 0.3 is 0 Å². The van der Waals surface area contributed by atoms with E-state index in [9.17, 15) is 0 Å². The van der Waals surface area contributed by atoms with E-state index in [1.807, 2.05) is 0 Å². The molecule has 2 N–H and O–H groups in total. The number of benzene rings is 1. The fraction of sp³-hybridized carbons (Fsp3) is 0.571. The summed E-state index contributed by atoms with van der Waals surface area (Å²) in [7, 11) is 0. The third-order valence-electron chi connectivity index (χ3n) is 3.60. The average molecular weight is 233 g/mol. The Hall–Kier alpha value is -1.06. The number of hydrogen-bond acceptors (Lipinski definition) is 3. The predicted octanol–water partition coefficient (Wildman–Crippen LogP) is 1.68. The maximum Gasteiger partial charge on any atom is 0.0412 e. The van der Waals surface area contributed by atoms with Gasteiger partial charge in [-0.1, -0.05) is 18.2 Å². The van der Waals surface area contributed by atoms with E-state index in [0.717, 1.165) is 26.2 Å². The smallest absolute Gasteiger partial charge is 0.0412 e. The molecule has 0 radical (unpaired) electrons. The third kappa shape index (κ3) is 2.79. The molecular formula is C14H23N3. The van der Waals surface area contributed by atoms with Crippen molar-refractivity contribution < 1.29 is 0 Å². The first kappa shape index (κ1) is 12.4. The Morgan fingerprint density at radius 3 is 2.35 bits per heavy atom. The van der Waals surface area contributed by atoms with E-state index in [4.69, 9.17) is 5.73 Å². The SMILES string of the molecule is CC(C)N1CCN(c2ccccc2CN)CC1. The molecule has 1 fully saturated rings. The lowest BCUT2D eigenvalue weighted by molar-refractivity contribution is 0.209. The summed E-state index contributed by atoms with van der Waals surface area (Å²) >= 11 is 0. The standard InChI is InChI=1S/C14H23N3/c1-12(2)16-7-9-17(10-8-16)14-6-4-3-5-13(14)11-15/h3-6,12H,7-11,15H2,1-2H3. The topological polar surface area (TPSA) is 32.5 Å². The minimum Gasteiger partial charge on any atom is -0.369 e. The van der Waals surface area contributed by atoms with Crippen molar-refractivity contribution in [2.24, 2.45) is 5.73 Å². The number of para-hydroxylation sites is 1. The van der Waals surface area contributed by atoms with Crippen molar-refractivity contribution in [1.29, 1.82) is 0 Å².